The van der Waals surface area contributed by atoms with Gasteiger partial charge in [-0.1, -0.05) is 12.1 Å². The highest BCUT2D eigenvalue weighted by molar-refractivity contribution is 7.89. The lowest BCUT2D eigenvalue weighted by atomic mass is 10.1. The van der Waals surface area contributed by atoms with Crippen molar-refractivity contribution < 1.29 is 17.9 Å². The molecule has 0 atom stereocenters. The van der Waals surface area contributed by atoms with E-state index < -0.39 is 15.9 Å². The minimum Gasteiger partial charge on any atom is -0.496 e. The van der Waals surface area contributed by atoms with E-state index in [4.69, 9.17) is 9.88 Å². The second-order valence-electron chi connectivity index (χ2n) is 6.20. The topological polar surface area (TPSA) is 111 Å². The Hall–Kier alpha value is -2.75. The van der Waals surface area contributed by atoms with Gasteiger partial charge in [-0.25, -0.2) is 18.5 Å². The molecule has 0 aliphatic heterocycles. The van der Waals surface area contributed by atoms with Crippen molar-refractivity contribution in [1.82, 2.24) is 4.98 Å². The number of rotatable bonds is 5. The van der Waals surface area contributed by atoms with Crippen LogP contribution in [0.2, 0.25) is 0 Å². The number of sulfonamides is 1. The Bertz CT molecular complexity index is 1150. The summed E-state index contributed by atoms with van der Waals surface area (Å²) in [5.41, 5.74) is 4.09. The average Bonchev–Trinajstić information content (AvgIpc) is 3.11. The number of amides is 1. The fourth-order valence-corrected chi connectivity index (χ4v) is 3.83. The summed E-state index contributed by atoms with van der Waals surface area (Å²) in [6, 6.07) is 9.88. The molecule has 0 aliphatic carbocycles. The molecule has 3 rings (SSSR count). The van der Waals surface area contributed by atoms with Gasteiger partial charge >= 0.3 is 0 Å². The van der Waals surface area contributed by atoms with Crippen molar-refractivity contribution in [3.63, 3.8) is 0 Å². The van der Waals surface area contributed by atoms with Crippen LogP contribution >= 0.6 is 11.3 Å². The summed E-state index contributed by atoms with van der Waals surface area (Å²) >= 11 is 1.27. The number of carbonyl (C=O) groups excluding carboxylic acids is 1. The molecule has 1 heterocycles. The molecule has 0 spiro atoms. The summed E-state index contributed by atoms with van der Waals surface area (Å²) in [4.78, 5) is 16.9. The molecule has 9 heteroatoms. The highest BCUT2D eigenvalue weighted by Crippen LogP contribution is 2.28. The number of nitrogens with zero attached hydrogens (tertiary/aromatic N) is 1. The van der Waals surface area contributed by atoms with E-state index in [-0.39, 0.29) is 16.2 Å². The first-order valence-corrected chi connectivity index (χ1v) is 10.7. The molecule has 0 unspecified atom stereocenters. The predicted molar refractivity (Wildman–Crippen MR) is 109 cm³/mol. The van der Waals surface area contributed by atoms with E-state index >= 15 is 0 Å². The van der Waals surface area contributed by atoms with Gasteiger partial charge in [0.15, 0.2) is 5.13 Å². The summed E-state index contributed by atoms with van der Waals surface area (Å²) in [6.45, 7) is 4.06. The van der Waals surface area contributed by atoms with E-state index in [1.165, 1.54) is 42.2 Å². The summed E-state index contributed by atoms with van der Waals surface area (Å²) in [7, 11) is -2.55. The zero-order chi connectivity index (χ0) is 20.5. The zero-order valence-electron chi connectivity index (χ0n) is 15.5. The molecule has 28 heavy (non-hydrogen) atoms. The first kappa shape index (κ1) is 20.0. The van der Waals surface area contributed by atoms with Crippen LogP contribution < -0.4 is 15.2 Å². The van der Waals surface area contributed by atoms with Crippen molar-refractivity contribution in [2.24, 2.45) is 5.14 Å². The number of thiazole rings is 1. The molecule has 146 valence electrons. The minimum atomic E-state index is -3.94. The van der Waals surface area contributed by atoms with Crippen LogP contribution in [0.1, 0.15) is 21.5 Å². The summed E-state index contributed by atoms with van der Waals surface area (Å²) in [5.74, 6) is -0.306. The average molecular weight is 418 g/mol. The van der Waals surface area contributed by atoms with Crippen molar-refractivity contribution in [2.45, 2.75) is 18.7 Å². The molecule has 0 bridgehead atoms. The van der Waals surface area contributed by atoms with E-state index in [2.05, 4.69) is 10.3 Å². The molecule has 0 radical (unpaired) electrons. The number of aromatic nitrogens is 1. The molecule has 0 fully saturated rings. The normalized spacial score (nSPS) is 11.3. The third-order valence-corrected chi connectivity index (χ3v) is 5.94. The van der Waals surface area contributed by atoms with Gasteiger partial charge in [0.2, 0.25) is 10.0 Å². The maximum absolute atomic E-state index is 12.7. The molecule has 7 nitrogen and oxygen atoms in total. The van der Waals surface area contributed by atoms with E-state index in [0.717, 1.165) is 16.8 Å². The van der Waals surface area contributed by atoms with Crippen molar-refractivity contribution in [3.05, 3.63) is 58.5 Å². The largest absolute Gasteiger partial charge is 0.496 e. The second-order valence-corrected chi connectivity index (χ2v) is 8.62. The van der Waals surface area contributed by atoms with E-state index in [9.17, 15) is 13.2 Å². The Morgan fingerprint density at radius 3 is 2.54 bits per heavy atom. The number of carbonyl (C=O) groups is 1. The molecule has 1 amide bonds. The maximum atomic E-state index is 12.7. The van der Waals surface area contributed by atoms with Gasteiger partial charge < -0.3 is 4.74 Å². The van der Waals surface area contributed by atoms with Gasteiger partial charge in [0.05, 0.1) is 23.3 Å². The third kappa shape index (κ3) is 4.22. The lowest BCUT2D eigenvalue weighted by Gasteiger charge is -2.09. The fourth-order valence-electron chi connectivity index (χ4n) is 2.57. The van der Waals surface area contributed by atoms with Crippen LogP contribution in [-0.4, -0.2) is 26.4 Å². The lowest BCUT2D eigenvalue weighted by Crippen LogP contribution is -2.16. The quantitative estimate of drug-likeness (QED) is 0.661. The van der Waals surface area contributed by atoms with Crippen LogP contribution in [-0.2, 0) is 10.0 Å². The molecule has 2 aromatic carbocycles. The van der Waals surface area contributed by atoms with Crippen molar-refractivity contribution in [1.29, 1.82) is 0 Å². The summed E-state index contributed by atoms with van der Waals surface area (Å²) in [6.07, 6.45) is 0. The Kier molecular flexibility index (Phi) is 5.50. The van der Waals surface area contributed by atoms with Crippen molar-refractivity contribution >= 4 is 32.4 Å². The van der Waals surface area contributed by atoms with Gasteiger partial charge in [0, 0.05) is 10.9 Å². The number of anilines is 1. The lowest BCUT2D eigenvalue weighted by molar-refractivity contribution is 0.102. The standard InChI is InChI=1S/C19H19N3O4S2/c1-11-4-5-13(8-12(11)2)16-10-27-19(21-16)22-18(23)15-9-14(28(20,24)25)6-7-17(15)26-3/h4-10H,1-3H3,(H2,20,24,25)(H,21,22,23). The number of methoxy groups -OCH3 is 1. The Morgan fingerprint density at radius 1 is 1.14 bits per heavy atom. The number of hydrogen-bond acceptors (Lipinski definition) is 6. The molecule has 0 saturated carbocycles. The highest BCUT2D eigenvalue weighted by Gasteiger charge is 2.18. The zero-order valence-corrected chi connectivity index (χ0v) is 17.1. The molecular weight excluding hydrogens is 398 g/mol. The molecule has 3 N–H and O–H groups in total. The Morgan fingerprint density at radius 2 is 1.89 bits per heavy atom. The molecular formula is C19H19N3O4S2. The second kappa shape index (κ2) is 7.70. The monoisotopic (exact) mass is 417 g/mol. The number of primary sulfonamides is 1. The molecule has 0 aliphatic rings. The minimum absolute atomic E-state index is 0.0527. The molecule has 3 aromatic rings. The van der Waals surface area contributed by atoms with Gasteiger partial charge in [-0.2, -0.15) is 0 Å². The maximum Gasteiger partial charge on any atom is 0.261 e. The van der Waals surface area contributed by atoms with Gasteiger partial charge in [0.1, 0.15) is 5.75 Å². The van der Waals surface area contributed by atoms with Gasteiger partial charge in [-0.05, 0) is 49.2 Å². The van der Waals surface area contributed by atoms with E-state index in [0.29, 0.717) is 5.13 Å². The van der Waals surface area contributed by atoms with Gasteiger partial charge in [-0.3, -0.25) is 10.1 Å². The van der Waals surface area contributed by atoms with Crippen LogP contribution in [0.5, 0.6) is 5.75 Å². The van der Waals surface area contributed by atoms with Crippen LogP contribution in [0.25, 0.3) is 11.3 Å². The smallest absolute Gasteiger partial charge is 0.261 e. The van der Waals surface area contributed by atoms with Gasteiger partial charge in [0.25, 0.3) is 5.91 Å². The highest BCUT2D eigenvalue weighted by atomic mass is 32.2. The Labute approximate surface area is 167 Å². The fraction of sp³-hybridized carbons (Fsp3) is 0.158. The molecule has 1 aromatic heterocycles. The summed E-state index contributed by atoms with van der Waals surface area (Å²) < 4.78 is 28.3. The van der Waals surface area contributed by atoms with E-state index in [1.54, 1.807) is 0 Å². The Balaban J connectivity index is 1.88. The number of nitrogens with one attached hydrogen (secondary N) is 1. The van der Waals surface area contributed by atoms with Gasteiger partial charge in [-0.15, -0.1) is 11.3 Å². The van der Waals surface area contributed by atoms with Crippen molar-refractivity contribution in [2.75, 3.05) is 12.4 Å². The van der Waals surface area contributed by atoms with E-state index in [1.807, 2.05) is 37.4 Å². The SMILES string of the molecule is COc1ccc(S(N)(=O)=O)cc1C(=O)Nc1nc(-c2ccc(C)c(C)c2)cs1. The number of aryl methyl sites for hydroxylation is 2. The molecule has 0 saturated heterocycles. The van der Waals surface area contributed by atoms with Crippen LogP contribution in [0.4, 0.5) is 5.13 Å². The predicted octanol–water partition coefficient (Wildman–Crippen LogP) is 3.34. The summed E-state index contributed by atoms with van der Waals surface area (Å²) in [5, 5.41) is 10.1. The number of hydrogen-bond donors (Lipinski definition) is 2. The number of benzene rings is 2. The van der Waals surface area contributed by atoms with Crippen LogP contribution in [0.3, 0.4) is 0 Å². The van der Waals surface area contributed by atoms with Crippen LogP contribution in [0.15, 0.2) is 46.7 Å². The third-order valence-electron chi connectivity index (χ3n) is 4.27. The van der Waals surface area contributed by atoms with Crippen LogP contribution in [0, 0.1) is 13.8 Å². The van der Waals surface area contributed by atoms with Crippen molar-refractivity contribution in [3.8, 4) is 17.0 Å². The number of ether oxygens (including phenoxy) is 1. The first-order chi connectivity index (χ1) is 13.2. The number of nitrogens with two attached hydrogens (primary N) is 1. The first-order valence-electron chi connectivity index (χ1n) is 8.24.